The Morgan fingerprint density at radius 2 is 1.53 bits per heavy atom. The number of anilines is 1. The second-order valence-corrected chi connectivity index (χ2v) is 11.9. The van der Waals surface area contributed by atoms with E-state index in [0.29, 0.717) is 11.4 Å². The fraction of sp³-hybridized carbons (Fsp3) is 0.355. The molecule has 0 saturated heterocycles. The molecule has 0 fully saturated rings. The van der Waals surface area contributed by atoms with E-state index in [-0.39, 0.29) is 6.04 Å². The highest BCUT2D eigenvalue weighted by molar-refractivity contribution is 7.92. The van der Waals surface area contributed by atoms with Crippen molar-refractivity contribution in [1.29, 1.82) is 0 Å². The van der Waals surface area contributed by atoms with E-state index in [2.05, 4.69) is 47.9 Å². The molecule has 0 radical (unpaired) electrons. The Hall–Kier alpha value is -3.05. The van der Waals surface area contributed by atoms with Crippen LogP contribution < -0.4 is 4.31 Å². The smallest absolute Gasteiger partial charge is 0.264 e. The van der Waals surface area contributed by atoms with Crippen molar-refractivity contribution < 1.29 is 8.42 Å². The highest BCUT2D eigenvalue weighted by atomic mass is 32.2. The number of nitrogens with zero attached hydrogens (tertiary/aromatic N) is 2. The molecule has 188 valence electrons. The molecule has 5 heteroatoms. The van der Waals surface area contributed by atoms with Crippen molar-refractivity contribution in [3.63, 3.8) is 0 Å². The van der Waals surface area contributed by atoms with E-state index in [1.807, 2.05) is 37.3 Å². The summed E-state index contributed by atoms with van der Waals surface area (Å²) in [4.78, 5) is 0.354. The van der Waals surface area contributed by atoms with Gasteiger partial charge in [-0.25, -0.2) is 8.42 Å². The highest BCUT2D eigenvalue weighted by Gasteiger charge is 2.36. The van der Waals surface area contributed by atoms with E-state index in [0.717, 1.165) is 47.3 Å². The molecule has 0 bridgehead atoms. The summed E-state index contributed by atoms with van der Waals surface area (Å²) in [6.07, 6.45) is 7.94. The van der Waals surface area contributed by atoms with Gasteiger partial charge in [0.05, 0.1) is 22.3 Å². The van der Waals surface area contributed by atoms with Gasteiger partial charge in [-0.1, -0.05) is 99.5 Å². The van der Waals surface area contributed by atoms with Gasteiger partial charge in [-0.15, -0.1) is 0 Å². The lowest BCUT2D eigenvalue weighted by Crippen LogP contribution is -2.42. The number of aryl methyl sites for hydroxylation is 1. The van der Waals surface area contributed by atoms with Crippen LogP contribution in [0.4, 0.5) is 5.69 Å². The molecule has 0 spiro atoms. The summed E-state index contributed by atoms with van der Waals surface area (Å²) < 4.78 is 32.6. The molecule has 1 unspecified atom stereocenters. The number of unbranched alkanes of at least 4 members (excludes halogenated alkanes) is 5. The van der Waals surface area contributed by atoms with Gasteiger partial charge in [0.25, 0.3) is 10.0 Å². The van der Waals surface area contributed by atoms with Crippen molar-refractivity contribution >= 4 is 26.6 Å². The van der Waals surface area contributed by atoms with Gasteiger partial charge < -0.3 is 4.57 Å². The number of hydrogen-bond donors (Lipinski definition) is 0. The average Bonchev–Trinajstić information content (AvgIpc) is 3.17. The van der Waals surface area contributed by atoms with Crippen molar-refractivity contribution in [2.24, 2.45) is 0 Å². The summed E-state index contributed by atoms with van der Waals surface area (Å²) in [5.74, 6) is 0. The Balaban J connectivity index is 1.61. The number of para-hydroxylation sites is 2. The van der Waals surface area contributed by atoms with E-state index in [1.165, 1.54) is 31.1 Å². The van der Waals surface area contributed by atoms with Crippen molar-refractivity contribution in [1.82, 2.24) is 4.57 Å². The molecule has 1 aliphatic heterocycles. The van der Waals surface area contributed by atoms with E-state index in [4.69, 9.17) is 0 Å². The van der Waals surface area contributed by atoms with Gasteiger partial charge in [0, 0.05) is 23.0 Å². The molecule has 3 aromatic carbocycles. The van der Waals surface area contributed by atoms with Gasteiger partial charge in [-0.3, -0.25) is 4.31 Å². The van der Waals surface area contributed by atoms with Crippen molar-refractivity contribution in [2.75, 3.05) is 4.31 Å². The van der Waals surface area contributed by atoms with Crippen molar-refractivity contribution in [2.45, 2.75) is 76.3 Å². The SMILES string of the molecule is CCCCCCCCC1Cn2c(cc3ccccc32)-c2ccccc2N1S(=O)(=O)c1ccc(C)cc1. The van der Waals surface area contributed by atoms with Crippen LogP contribution in [0, 0.1) is 6.92 Å². The second kappa shape index (κ2) is 10.5. The third-order valence-corrected chi connectivity index (χ3v) is 9.30. The van der Waals surface area contributed by atoms with Crippen LogP contribution in [0.2, 0.25) is 0 Å². The molecule has 0 saturated carbocycles. The first-order valence-electron chi connectivity index (χ1n) is 13.3. The number of hydrogen-bond acceptors (Lipinski definition) is 2. The van der Waals surface area contributed by atoms with E-state index >= 15 is 0 Å². The second-order valence-electron chi connectivity index (χ2n) is 10.0. The predicted octanol–water partition coefficient (Wildman–Crippen LogP) is 7.94. The third kappa shape index (κ3) is 4.69. The zero-order valence-electron chi connectivity index (χ0n) is 21.4. The molecule has 1 aliphatic rings. The first kappa shape index (κ1) is 24.6. The number of fused-ring (bicyclic) bond motifs is 5. The highest BCUT2D eigenvalue weighted by Crippen LogP contribution is 2.42. The summed E-state index contributed by atoms with van der Waals surface area (Å²) in [5, 5.41) is 1.19. The molecular formula is C31H36N2O2S. The van der Waals surface area contributed by atoms with Crippen LogP contribution in [0.1, 0.15) is 57.4 Å². The molecule has 4 nitrogen and oxygen atoms in total. The molecule has 2 heterocycles. The zero-order valence-corrected chi connectivity index (χ0v) is 22.2. The van der Waals surface area contributed by atoms with E-state index in [1.54, 1.807) is 16.4 Å². The average molecular weight is 501 g/mol. The zero-order chi connectivity index (χ0) is 25.1. The van der Waals surface area contributed by atoms with E-state index in [9.17, 15) is 8.42 Å². The molecule has 1 aromatic heterocycles. The third-order valence-electron chi connectivity index (χ3n) is 7.42. The maximum atomic E-state index is 14.3. The Morgan fingerprint density at radius 3 is 2.33 bits per heavy atom. The fourth-order valence-electron chi connectivity index (χ4n) is 5.51. The number of sulfonamides is 1. The van der Waals surface area contributed by atoms with Crippen LogP contribution in [0.3, 0.4) is 0 Å². The molecule has 1 atom stereocenters. The van der Waals surface area contributed by atoms with Gasteiger partial charge >= 0.3 is 0 Å². The standard InChI is InChI=1S/C31H36N2O2S/c1-3-4-5-6-7-8-14-26-23-32-29-16-11-9-13-25(29)22-31(32)28-15-10-12-17-30(28)33(26)36(34,35)27-20-18-24(2)19-21-27/h9-13,15-22,26H,3-8,14,23H2,1-2H3. The Kier molecular flexibility index (Phi) is 7.20. The van der Waals surface area contributed by atoms with Crippen LogP contribution in [-0.2, 0) is 16.6 Å². The first-order chi connectivity index (χ1) is 17.5. The number of rotatable bonds is 9. The Labute approximate surface area is 215 Å². The van der Waals surface area contributed by atoms with Gasteiger partial charge in [0.15, 0.2) is 0 Å². The minimum Gasteiger partial charge on any atom is -0.338 e. The number of aromatic nitrogens is 1. The molecular weight excluding hydrogens is 464 g/mol. The topological polar surface area (TPSA) is 42.3 Å². The minimum absolute atomic E-state index is 0.166. The summed E-state index contributed by atoms with van der Waals surface area (Å²) in [6, 6.07) is 25.7. The predicted molar refractivity (Wildman–Crippen MR) is 150 cm³/mol. The van der Waals surface area contributed by atoms with Crippen LogP contribution in [0.15, 0.2) is 83.8 Å². The van der Waals surface area contributed by atoms with Gasteiger partial charge in [-0.05, 0) is 43.7 Å². The quantitative estimate of drug-likeness (QED) is 0.219. The van der Waals surface area contributed by atoms with Crippen LogP contribution in [0.25, 0.3) is 22.2 Å². The molecule has 0 amide bonds. The molecule has 36 heavy (non-hydrogen) atoms. The van der Waals surface area contributed by atoms with Crippen molar-refractivity contribution in [3.05, 3.63) is 84.4 Å². The normalized spacial score (nSPS) is 15.5. The largest absolute Gasteiger partial charge is 0.338 e. The van der Waals surface area contributed by atoms with Crippen LogP contribution in [-0.4, -0.2) is 19.0 Å². The monoisotopic (exact) mass is 500 g/mol. The lowest BCUT2D eigenvalue weighted by atomic mass is 10.0. The summed E-state index contributed by atoms with van der Waals surface area (Å²) in [5.41, 5.74) is 5.04. The van der Waals surface area contributed by atoms with Gasteiger partial charge in [0.2, 0.25) is 0 Å². The lowest BCUT2D eigenvalue weighted by molar-refractivity contribution is 0.486. The van der Waals surface area contributed by atoms with Crippen LogP contribution in [0.5, 0.6) is 0 Å². The van der Waals surface area contributed by atoms with Crippen LogP contribution >= 0.6 is 0 Å². The molecule has 0 aliphatic carbocycles. The van der Waals surface area contributed by atoms with Gasteiger partial charge in [0.1, 0.15) is 0 Å². The Morgan fingerprint density at radius 1 is 0.833 bits per heavy atom. The summed E-state index contributed by atoms with van der Waals surface area (Å²) >= 11 is 0. The van der Waals surface area contributed by atoms with Gasteiger partial charge in [-0.2, -0.15) is 0 Å². The molecule has 5 rings (SSSR count). The molecule has 0 N–H and O–H groups in total. The molecule has 4 aromatic rings. The lowest BCUT2D eigenvalue weighted by Gasteiger charge is -2.32. The number of benzene rings is 3. The summed E-state index contributed by atoms with van der Waals surface area (Å²) in [7, 11) is -3.74. The Bertz CT molecular complexity index is 1440. The van der Waals surface area contributed by atoms with Crippen molar-refractivity contribution in [3.8, 4) is 11.3 Å². The maximum absolute atomic E-state index is 14.3. The minimum atomic E-state index is -3.74. The maximum Gasteiger partial charge on any atom is 0.264 e. The van der Waals surface area contributed by atoms with E-state index < -0.39 is 10.0 Å². The summed E-state index contributed by atoms with van der Waals surface area (Å²) in [6.45, 7) is 4.85. The first-order valence-corrected chi connectivity index (χ1v) is 14.7. The fourth-order valence-corrected chi connectivity index (χ4v) is 7.20.